The third kappa shape index (κ3) is 5.67. The number of amides is 1. The highest BCUT2D eigenvalue weighted by atomic mass is 32.2. The summed E-state index contributed by atoms with van der Waals surface area (Å²) in [5, 5.41) is 9.93. The summed E-state index contributed by atoms with van der Waals surface area (Å²) < 4.78 is 13.0. The number of ether oxygens (including phenoxy) is 2. The SMILES string of the molecule is CCn1c(N2CCC(Cc3ccccc3)CC2)c(C=C2SC(=S)N(Cc3ccc4c(c3)OCO4)C2=O)c(C)c(C#N)c1=O. The second kappa shape index (κ2) is 12.3. The lowest BCUT2D eigenvalue weighted by Gasteiger charge is -2.36. The standard InChI is InChI=1S/C33H32N4O4S2/c1-3-36-30(35-13-11-23(12-14-35)15-22-7-5-4-6-8-22)25(21(2)26(18-34)31(36)38)17-29-32(39)37(33(42)43-29)19-24-9-10-27-28(16-24)41-20-40-27/h4-10,16-17,23H,3,11-15,19-20H2,1-2H3. The number of piperidine rings is 1. The van der Waals surface area contributed by atoms with Gasteiger partial charge in [0, 0.05) is 25.2 Å². The maximum Gasteiger partial charge on any atom is 0.270 e. The van der Waals surface area contributed by atoms with Gasteiger partial charge in [0.2, 0.25) is 6.79 Å². The molecule has 3 aromatic rings. The number of aromatic nitrogens is 1. The van der Waals surface area contributed by atoms with Crippen molar-refractivity contribution in [2.75, 3.05) is 24.8 Å². The summed E-state index contributed by atoms with van der Waals surface area (Å²) in [4.78, 5) is 31.4. The Morgan fingerprint density at radius 3 is 2.53 bits per heavy atom. The minimum Gasteiger partial charge on any atom is -0.454 e. The molecule has 6 rings (SSSR count). The zero-order valence-corrected chi connectivity index (χ0v) is 25.8. The van der Waals surface area contributed by atoms with Gasteiger partial charge in [0.1, 0.15) is 21.8 Å². The van der Waals surface area contributed by atoms with Crippen molar-refractivity contribution in [2.45, 2.75) is 46.2 Å². The molecule has 43 heavy (non-hydrogen) atoms. The van der Waals surface area contributed by atoms with Crippen LogP contribution in [-0.2, 0) is 24.3 Å². The van der Waals surface area contributed by atoms with Crippen LogP contribution >= 0.6 is 24.0 Å². The summed E-state index contributed by atoms with van der Waals surface area (Å²) in [6, 6.07) is 18.3. The molecule has 1 aromatic heterocycles. The molecule has 2 saturated heterocycles. The first kappa shape index (κ1) is 29.0. The molecule has 10 heteroatoms. The van der Waals surface area contributed by atoms with Crippen LogP contribution in [0.1, 0.15) is 47.6 Å². The molecule has 0 atom stereocenters. The Kier molecular flexibility index (Phi) is 8.28. The number of thiocarbonyl (C=S) groups is 1. The Balaban J connectivity index is 1.31. The number of carbonyl (C=O) groups is 1. The van der Waals surface area contributed by atoms with E-state index in [1.54, 1.807) is 16.4 Å². The molecule has 3 aliphatic rings. The third-order valence-electron chi connectivity index (χ3n) is 8.37. The van der Waals surface area contributed by atoms with Gasteiger partial charge in [-0.3, -0.25) is 19.1 Å². The Labute approximate surface area is 260 Å². The summed E-state index contributed by atoms with van der Waals surface area (Å²) in [6.07, 6.45) is 4.83. The quantitative estimate of drug-likeness (QED) is 0.250. The largest absolute Gasteiger partial charge is 0.454 e. The Morgan fingerprint density at radius 2 is 1.81 bits per heavy atom. The van der Waals surface area contributed by atoms with Crippen LogP contribution in [0.2, 0.25) is 0 Å². The molecule has 2 fully saturated rings. The number of nitriles is 1. The number of nitrogens with zero attached hydrogens (tertiary/aromatic N) is 4. The molecule has 0 radical (unpaired) electrons. The van der Waals surface area contributed by atoms with Gasteiger partial charge in [-0.2, -0.15) is 5.26 Å². The smallest absolute Gasteiger partial charge is 0.270 e. The van der Waals surface area contributed by atoms with E-state index in [-0.39, 0.29) is 23.8 Å². The summed E-state index contributed by atoms with van der Waals surface area (Å²) >= 11 is 6.88. The van der Waals surface area contributed by atoms with Crippen LogP contribution in [0, 0.1) is 24.2 Å². The predicted octanol–water partition coefficient (Wildman–Crippen LogP) is 5.64. The average molecular weight is 613 g/mol. The van der Waals surface area contributed by atoms with Gasteiger partial charge >= 0.3 is 0 Å². The van der Waals surface area contributed by atoms with Crippen molar-refractivity contribution in [1.29, 1.82) is 5.26 Å². The van der Waals surface area contributed by atoms with Crippen molar-refractivity contribution in [3.05, 3.63) is 91.6 Å². The van der Waals surface area contributed by atoms with Crippen LogP contribution in [0.15, 0.2) is 58.2 Å². The fraction of sp³-hybridized carbons (Fsp3) is 0.333. The first-order valence-electron chi connectivity index (χ1n) is 14.5. The minimum atomic E-state index is -0.295. The molecular formula is C33H32N4O4S2. The molecular weight excluding hydrogens is 581 g/mol. The Bertz CT molecular complexity index is 1720. The molecule has 220 valence electrons. The number of fused-ring (bicyclic) bond motifs is 1. The highest BCUT2D eigenvalue weighted by Crippen LogP contribution is 2.39. The van der Waals surface area contributed by atoms with E-state index in [1.807, 2.05) is 37.3 Å². The molecule has 0 unspecified atom stereocenters. The number of carbonyl (C=O) groups excluding carboxylic acids is 1. The average Bonchev–Trinajstić information content (AvgIpc) is 3.59. The highest BCUT2D eigenvalue weighted by Gasteiger charge is 2.34. The molecule has 0 aliphatic carbocycles. The normalized spacial score (nSPS) is 17.7. The van der Waals surface area contributed by atoms with E-state index < -0.39 is 0 Å². The van der Waals surface area contributed by atoms with E-state index in [9.17, 15) is 14.9 Å². The van der Waals surface area contributed by atoms with Gasteiger partial charge in [-0.25, -0.2) is 0 Å². The number of hydrogen-bond donors (Lipinski definition) is 0. The summed E-state index contributed by atoms with van der Waals surface area (Å²) in [7, 11) is 0. The lowest BCUT2D eigenvalue weighted by molar-refractivity contribution is -0.122. The van der Waals surface area contributed by atoms with Crippen molar-refractivity contribution >= 4 is 46.1 Å². The fourth-order valence-electron chi connectivity index (χ4n) is 6.06. The second-order valence-corrected chi connectivity index (χ2v) is 12.6. The molecule has 0 bridgehead atoms. The molecule has 3 aliphatic heterocycles. The van der Waals surface area contributed by atoms with Gasteiger partial charge in [0.15, 0.2) is 11.5 Å². The monoisotopic (exact) mass is 612 g/mol. The minimum absolute atomic E-state index is 0.103. The fourth-order valence-corrected chi connectivity index (χ4v) is 7.30. The summed E-state index contributed by atoms with van der Waals surface area (Å²) in [5.41, 5.74) is 3.33. The van der Waals surface area contributed by atoms with Crippen molar-refractivity contribution in [1.82, 2.24) is 9.47 Å². The van der Waals surface area contributed by atoms with Crippen LogP contribution < -0.4 is 19.9 Å². The molecule has 0 N–H and O–H groups in total. The van der Waals surface area contributed by atoms with Crippen LogP contribution in [-0.4, -0.2) is 39.6 Å². The Morgan fingerprint density at radius 1 is 1.07 bits per heavy atom. The van der Waals surface area contributed by atoms with E-state index in [4.69, 9.17) is 21.7 Å². The number of hydrogen-bond acceptors (Lipinski definition) is 8. The van der Waals surface area contributed by atoms with Crippen molar-refractivity contribution in [3.8, 4) is 17.6 Å². The highest BCUT2D eigenvalue weighted by molar-refractivity contribution is 8.26. The zero-order chi connectivity index (χ0) is 30.1. The zero-order valence-electron chi connectivity index (χ0n) is 24.2. The lowest BCUT2D eigenvalue weighted by Crippen LogP contribution is -2.39. The lowest BCUT2D eigenvalue weighted by atomic mass is 9.90. The number of pyridine rings is 1. The number of thioether (sulfide) groups is 1. The number of anilines is 1. The maximum absolute atomic E-state index is 13.7. The first-order valence-corrected chi connectivity index (χ1v) is 15.7. The number of benzene rings is 2. The molecule has 0 saturated carbocycles. The van der Waals surface area contributed by atoms with Gasteiger partial charge in [-0.1, -0.05) is 60.4 Å². The summed E-state index contributed by atoms with van der Waals surface area (Å²) in [6.45, 7) is 6.18. The van der Waals surface area contributed by atoms with Crippen molar-refractivity contribution in [3.63, 3.8) is 0 Å². The topological polar surface area (TPSA) is 87.8 Å². The van der Waals surface area contributed by atoms with E-state index in [0.29, 0.717) is 45.3 Å². The van der Waals surface area contributed by atoms with Gasteiger partial charge < -0.3 is 14.4 Å². The van der Waals surface area contributed by atoms with E-state index in [0.717, 1.165) is 49.3 Å². The van der Waals surface area contributed by atoms with Crippen molar-refractivity contribution in [2.24, 2.45) is 5.92 Å². The van der Waals surface area contributed by atoms with Gasteiger partial charge in [0.05, 0.1) is 11.4 Å². The Hall–Kier alpha value is -4.07. The molecule has 1 amide bonds. The second-order valence-electron chi connectivity index (χ2n) is 11.0. The third-order valence-corrected chi connectivity index (χ3v) is 9.75. The van der Waals surface area contributed by atoms with Gasteiger partial charge in [-0.15, -0.1) is 0 Å². The van der Waals surface area contributed by atoms with Crippen molar-refractivity contribution < 1.29 is 14.3 Å². The predicted molar refractivity (Wildman–Crippen MR) is 172 cm³/mol. The summed E-state index contributed by atoms with van der Waals surface area (Å²) in [5.74, 6) is 2.45. The van der Waals surface area contributed by atoms with Gasteiger partial charge in [-0.05, 0) is 73.9 Å². The van der Waals surface area contributed by atoms with Crippen LogP contribution in [0.3, 0.4) is 0 Å². The van der Waals surface area contributed by atoms with Crippen LogP contribution in [0.4, 0.5) is 5.82 Å². The number of rotatable bonds is 7. The molecule has 0 spiro atoms. The first-order chi connectivity index (χ1) is 20.9. The van der Waals surface area contributed by atoms with Crippen LogP contribution in [0.25, 0.3) is 6.08 Å². The van der Waals surface area contributed by atoms with E-state index in [2.05, 4.69) is 35.2 Å². The molecule has 8 nitrogen and oxygen atoms in total. The molecule has 2 aromatic carbocycles. The maximum atomic E-state index is 13.7. The van der Waals surface area contributed by atoms with Gasteiger partial charge in [0.25, 0.3) is 11.5 Å². The van der Waals surface area contributed by atoms with E-state index in [1.165, 1.54) is 17.3 Å². The van der Waals surface area contributed by atoms with E-state index >= 15 is 0 Å². The molecule has 4 heterocycles. The van der Waals surface area contributed by atoms with Crippen LogP contribution in [0.5, 0.6) is 11.5 Å².